The van der Waals surface area contributed by atoms with Crippen molar-refractivity contribution in [2.75, 3.05) is 0 Å². The third-order valence-corrected chi connectivity index (χ3v) is 3.57. The molecule has 0 aliphatic heterocycles. The van der Waals surface area contributed by atoms with Gasteiger partial charge in [-0.1, -0.05) is 48.0 Å². The molecule has 3 aromatic carbocycles. The number of carbonyl (C=O) groups is 1. The Kier molecular flexibility index (Phi) is 3.56. The molecule has 0 saturated heterocycles. The molecule has 0 fully saturated rings. The minimum atomic E-state index is -0.736. The Morgan fingerprint density at radius 1 is 0.909 bits per heavy atom. The Hall–Kier alpha value is -2.79. The highest BCUT2D eigenvalue weighted by molar-refractivity contribution is 6.33. The van der Waals surface area contributed by atoms with Gasteiger partial charge in [-0.2, -0.15) is 5.10 Å². The molecule has 0 unspecified atom stereocenters. The molecule has 0 bridgehead atoms. The molecule has 0 aliphatic rings. The average Bonchev–Trinajstić information content (AvgIpc) is 2.77. The molecule has 1 N–H and O–H groups in total. The Labute approximate surface area is 129 Å². The lowest BCUT2D eigenvalue weighted by Gasteiger charge is -2.01. The third kappa shape index (κ3) is 2.31. The topological polar surface area (TPSA) is 75.6 Å². The van der Waals surface area contributed by atoms with E-state index in [2.05, 4.69) is 10.5 Å². The number of rotatable bonds is 2. The highest BCUT2D eigenvalue weighted by Crippen LogP contribution is 2.14. The molecule has 0 atom stereocenters. The van der Waals surface area contributed by atoms with Crippen LogP contribution >= 0.6 is 11.6 Å². The highest BCUT2D eigenvalue weighted by Gasteiger charge is 2.12. The number of hydrogen-bond acceptors (Lipinski definition) is 4. The minimum absolute atomic E-state index is 0.0685. The predicted molar refractivity (Wildman–Crippen MR) is 83.3 cm³/mol. The van der Waals surface area contributed by atoms with Gasteiger partial charge in [0.1, 0.15) is 5.36 Å². The predicted octanol–water partition coefficient (Wildman–Crippen LogP) is 1.33. The summed E-state index contributed by atoms with van der Waals surface area (Å²) in [7, 11) is 0. The molecular weight excluding hydrogens is 304 g/mol. The minimum Gasteiger partial charge on any atom is -0.285 e. The van der Waals surface area contributed by atoms with Gasteiger partial charge >= 0.3 is 0 Å². The fourth-order valence-electron chi connectivity index (χ4n) is 2.16. The van der Waals surface area contributed by atoms with E-state index >= 15 is 0 Å². The Bertz CT molecular complexity index is 1030. The van der Waals surface area contributed by atoms with E-state index in [-0.39, 0.29) is 15.9 Å². The lowest BCUT2D eigenvalue weighted by Crippen LogP contribution is -2.33. The number of fused-ring (bicyclic) bond motifs is 1. The summed E-state index contributed by atoms with van der Waals surface area (Å²) in [6.07, 6.45) is 0. The van der Waals surface area contributed by atoms with Gasteiger partial charge in [-0.15, -0.1) is 0 Å². The van der Waals surface area contributed by atoms with Crippen molar-refractivity contribution in [3.63, 3.8) is 0 Å². The molecule has 0 aromatic heterocycles. The largest absolute Gasteiger partial charge is 0.285 e. The van der Waals surface area contributed by atoms with Crippen LogP contribution in [0.25, 0.3) is 10.8 Å². The summed E-state index contributed by atoms with van der Waals surface area (Å²) in [4.78, 5) is 35.8. The molecule has 0 heterocycles. The number of benzene rings is 2. The maximum Gasteiger partial charge on any atom is 0.272 e. The second-order valence-corrected chi connectivity index (χ2v) is 4.99. The van der Waals surface area contributed by atoms with Gasteiger partial charge in [0.2, 0.25) is 5.43 Å². The van der Waals surface area contributed by atoms with Crippen molar-refractivity contribution in [2.24, 2.45) is 5.10 Å². The zero-order valence-corrected chi connectivity index (χ0v) is 11.9. The van der Waals surface area contributed by atoms with Crippen LogP contribution in [-0.4, -0.2) is 5.91 Å². The quantitative estimate of drug-likeness (QED) is 0.573. The molecule has 108 valence electrons. The van der Waals surface area contributed by atoms with Crippen LogP contribution in [0.15, 0.2) is 63.2 Å². The molecule has 3 rings (SSSR count). The van der Waals surface area contributed by atoms with Crippen LogP contribution in [0.5, 0.6) is 0 Å². The van der Waals surface area contributed by atoms with Crippen LogP contribution in [0.1, 0.15) is 10.4 Å². The van der Waals surface area contributed by atoms with E-state index in [0.29, 0.717) is 10.8 Å². The zero-order valence-electron chi connectivity index (χ0n) is 11.2. The zero-order chi connectivity index (χ0) is 15.7. The standard InChI is InChI=1S/C16H9ClN2O3/c17-12-8-4-3-7-11(12)16(22)19-18-13-9-5-1-2-6-10(9)14(20)15(13)21/h1-8H,(H,19,22)/b18-13-. The maximum absolute atomic E-state index is 12.0. The molecule has 0 saturated carbocycles. The van der Waals surface area contributed by atoms with Crippen LogP contribution in [0.4, 0.5) is 0 Å². The smallest absolute Gasteiger partial charge is 0.272 e. The first-order valence-electron chi connectivity index (χ1n) is 6.40. The van der Waals surface area contributed by atoms with Crippen LogP contribution < -0.4 is 21.6 Å². The first kappa shape index (κ1) is 14.2. The summed E-state index contributed by atoms with van der Waals surface area (Å²) < 4.78 is 0. The van der Waals surface area contributed by atoms with Crippen LogP contribution in [-0.2, 0) is 0 Å². The molecule has 5 nitrogen and oxygen atoms in total. The van der Waals surface area contributed by atoms with Crippen molar-refractivity contribution in [3.8, 4) is 0 Å². The number of nitrogens with one attached hydrogen (secondary N) is 1. The van der Waals surface area contributed by atoms with E-state index < -0.39 is 16.8 Å². The molecular formula is C16H9ClN2O3. The summed E-state index contributed by atoms with van der Waals surface area (Å²) in [5, 5.41) is 4.71. The summed E-state index contributed by atoms with van der Waals surface area (Å²) in [5.74, 6) is -0.553. The lowest BCUT2D eigenvalue weighted by atomic mass is 10.2. The van der Waals surface area contributed by atoms with Crippen molar-refractivity contribution in [2.45, 2.75) is 0 Å². The molecule has 0 aliphatic carbocycles. The van der Waals surface area contributed by atoms with Gasteiger partial charge in [-0.05, 0) is 12.1 Å². The fourth-order valence-corrected chi connectivity index (χ4v) is 2.38. The van der Waals surface area contributed by atoms with Crippen molar-refractivity contribution in [3.05, 3.63) is 84.9 Å². The van der Waals surface area contributed by atoms with Gasteiger partial charge in [0, 0.05) is 10.8 Å². The third-order valence-electron chi connectivity index (χ3n) is 3.24. The van der Waals surface area contributed by atoms with Crippen LogP contribution in [0.3, 0.4) is 0 Å². The molecule has 1 amide bonds. The van der Waals surface area contributed by atoms with Crippen molar-refractivity contribution in [1.29, 1.82) is 0 Å². The Balaban J connectivity index is 2.06. The Morgan fingerprint density at radius 3 is 2.27 bits per heavy atom. The molecule has 22 heavy (non-hydrogen) atoms. The number of hydrogen-bond donors (Lipinski definition) is 1. The van der Waals surface area contributed by atoms with Crippen LogP contribution in [0.2, 0.25) is 5.02 Å². The number of halogens is 1. The van der Waals surface area contributed by atoms with Gasteiger partial charge in [0.15, 0.2) is 0 Å². The second kappa shape index (κ2) is 5.54. The van der Waals surface area contributed by atoms with E-state index in [1.807, 2.05) is 0 Å². The van der Waals surface area contributed by atoms with Gasteiger partial charge in [-0.25, -0.2) is 5.43 Å². The summed E-state index contributed by atoms with van der Waals surface area (Å²) in [6.45, 7) is 0. The highest BCUT2D eigenvalue weighted by atomic mass is 35.5. The number of carbonyl (C=O) groups excluding carboxylic acids is 1. The molecule has 0 spiro atoms. The van der Waals surface area contributed by atoms with Crippen molar-refractivity contribution in [1.82, 2.24) is 5.43 Å². The summed E-state index contributed by atoms with van der Waals surface area (Å²) in [6, 6.07) is 13.0. The molecule has 0 radical (unpaired) electrons. The van der Waals surface area contributed by atoms with E-state index in [1.165, 1.54) is 6.07 Å². The first-order valence-corrected chi connectivity index (χ1v) is 6.78. The SMILES string of the molecule is O=C(N/N=c1\c(=O)c(=O)c2ccccc12)c1ccccc1Cl. The van der Waals surface area contributed by atoms with E-state index in [9.17, 15) is 14.4 Å². The second-order valence-electron chi connectivity index (χ2n) is 4.59. The average molecular weight is 313 g/mol. The fraction of sp³-hybridized carbons (Fsp3) is 0. The number of nitrogens with zero attached hydrogens (tertiary/aromatic N) is 1. The van der Waals surface area contributed by atoms with Gasteiger partial charge in [0.05, 0.1) is 10.6 Å². The van der Waals surface area contributed by atoms with E-state index in [1.54, 1.807) is 42.5 Å². The van der Waals surface area contributed by atoms with E-state index in [0.717, 1.165) is 0 Å². The van der Waals surface area contributed by atoms with Crippen molar-refractivity contribution >= 4 is 28.3 Å². The monoisotopic (exact) mass is 312 g/mol. The van der Waals surface area contributed by atoms with Gasteiger partial charge in [0.25, 0.3) is 11.3 Å². The van der Waals surface area contributed by atoms with Gasteiger partial charge < -0.3 is 0 Å². The van der Waals surface area contributed by atoms with Gasteiger partial charge in [-0.3, -0.25) is 14.4 Å². The molecule has 6 heteroatoms. The van der Waals surface area contributed by atoms with E-state index in [4.69, 9.17) is 11.6 Å². The first-order chi connectivity index (χ1) is 10.6. The maximum atomic E-state index is 12.0. The normalized spacial score (nSPS) is 11.8. The Morgan fingerprint density at radius 2 is 1.55 bits per heavy atom. The van der Waals surface area contributed by atoms with Crippen LogP contribution in [0, 0.1) is 0 Å². The lowest BCUT2D eigenvalue weighted by molar-refractivity contribution is 0.0953. The number of amides is 1. The summed E-state index contributed by atoms with van der Waals surface area (Å²) in [5.41, 5.74) is 1.14. The summed E-state index contributed by atoms with van der Waals surface area (Å²) >= 11 is 5.92. The van der Waals surface area contributed by atoms with Crippen molar-refractivity contribution < 1.29 is 4.79 Å². The molecule has 3 aromatic rings.